The lowest BCUT2D eigenvalue weighted by molar-refractivity contribution is 0.0999. The number of likely N-dealkylation sites (N-methyl/N-ethyl adjacent to an activating group) is 1. The number of carbonyl (C=O) groups is 1. The van der Waals surface area contributed by atoms with Gasteiger partial charge >= 0.3 is 0 Å². The van der Waals surface area contributed by atoms with E-state index < -0.39 is 0 Å². The van der Waals surface area contributed by atoms with E-state index in [9.17, 15) is 4.79 Å². The number of nitrogens with zero attached hydrogens (tertiary/aromatic N) is 2. The molecule has 3 aliphatic rings. The normalized spacial score (nSPS) is 22.3. The maximum Gasteiger partial charge on any atom is 0.248 e. The van der Waals surface area contributed by atoms with Gasteiger partial charge in [0, 0.05) is 37.8 Å². The molecule has 0 aromatic heterocycles. The lowest BCUT2D eigenvalue weighted by Crippen LogP contribution is -2.50. The fourth-order valence-electron chi connectivity index (χ4n) is 4.01. The van der Waals surface area contributed by atoms with Crippen LogP contribution in [0.2, 0.25) is 0 Å². The molecule has 1 aromatic rings. The zero-order chi connectivity index (χ0) is 20.4. The summed E-state index contributed by atoms with van der Waals surface area (Å²) in [6.45, 7) is 11.4. The van der Waals surface area contributed by atoms with Crippen LogP contribution < -0.4 is 11.1 Å². The second-order valence-electron chi connectivity index (χ2n) is 8.25. The minimum absolute atomic E-state index is 0.325. The Morgan fingerprint density at radius 1 is 1.11 bits per heavy atom. The standard InChI is InChI=1S/C16H23N3O.C4H9N.C3H8/c1-18-6-8-19(9-7-18)15-5-4-12-10-14(16(17)20)3-2-13(12)11-15;1-2-4-5-3-1;1-3-2/h2-3,10,15H,4-9,11H2,1H3,(H2,17,20);5H,1-4H2;3H2,1-2H3/t15-;;/m0../s1. The number of amides is 1. The lowest BCUT2D eigenvalue weighted by atomic mass is 9.86. The number of fused-ring (bicyclic) bond motifs is 1. The maximum absolute atomic E-state index is 11.2. The van der Waals surface area contributed by atoms with Gasteiger partial charge in [0.15, 0.2) is 0 Å². The Bertz CT molecular complexity index is 585. The average Bonchev–Trinajstić information content (AvgIpc) is 3.28. The summed E-state index contributed by atoms with van der Waals surface area (Å²) < 4.78 is 0. The summed E-state index contributed by atoms with van der Waals surface area (Å²) in [6.07, 6.45) is 7.39. The minimum Gasteiger partial charge on any atom is -0.366 e. The van der Waals surface area contributed by atoms with E-state index in [0.717, 1.165) is 12.8 Å². The molecule has 158 valence electrons. The molecule has 0 saturated carbocycles. The number of carbonyl (C=O) groups excluding carboxylic acids is 1. The first-order valence-electron chi connectivity index (χ1n) is 11.1. The van der Waals surface area contributed by atoms with Crippen LogP contribution in [0.4, 0.5) is 0 Å². The Balaban J connectivity index is 0.000000295. The predicted molar refractivity (Wildman–Crippen MR) is 118 cm³/mol. The van der Waals surface area contributed by atoms with E-state index in [2.05, 4.69) is 42.1 Å². The Labute approximate surface area is 171 Å². The number of primary amides is 1. The van der Waals surface area contributed by atoms with Crippen molar-refractivity contribution in [3.63, 3.8) is 0 Å². The summed E-state index contributed by atoms with van der Waals surface area (Å²) in [7, 11) is 2.19. The van der Waals surface area contributed by atoms with Crippen LogP contribution in [0, 0.1) is 0 Å². The third kappa shape index (κ3) is 7.19. The summed E-state index contributed by atoms with van der Waals surface area (Å²) in [4.78, 5) is 16.3. The molecule has 5 heteroatoms. The molecule has 4 rings (SSSR count). The molecule has 1 atom stereocenters. The Kier molecular flexibility index (Phi) is 9.96. The summed E-state index contributed by atoms with van der Waals surface area (Å²) in [6, 6.07) is 6.61. The van der Waals surface area contributed by atoms with E-state index in [1.54, 1.807) is 0 Å². The SMILES string of the molecule is C1CCNC1.CCC.CN1CCN([C@H]2CCc3cc(C(N)=O)ccc3C2)CC1. The van der Waals surface area contributed by atoms with Crippen molar-refractivity contribution < 1.29 is 4.79 Å². The number of piperazine rings is 1. The number of benzene rings is 1. The first kappa shape index (κ1) is 22.9. The van der Waals surface area contributed by atoms with Crippen LogP contribution >= 0.6 is 0 Å². The molecule has 1 aromatic carbocycles. The van der Waals surface area contributed by atoms with Crippen molar-refractivity contribution in [3.8, 4) is 0 Å². The average molecular weight is 389 g/mol. The Hall–Kier alpha value is -1.43. The molecule has 0 spiro atoms. The molecule has 28 heavy (non-hydrogen) atoms. The van der Waals surface area contributed by atoms with Crippen molar-refractivity contribution >= 4 is 5.91 Å². The number of aryl methyl sites for hydroxylation is 1. The summed E-state index contributed by atoms with van der Waals surface area (Å²) in [5, 5.41) is 3.22. The number of nitrogens with one attached hydrogen (secondary N) is 1. The van der Waals surface area contributed by atoms with Gasteiger partial charge in [0.05, 0.1) is 0 Å². The van der Waals surface area contributed by atoms with E-state index >= 15 is 0 Å². The number of hydrogen-bond acceptors (Lipinski definition) is 4. The van der Waals surface area contributed by atoms with E-state index in [4.69, 9.17) is 5.73 Å². The Morgan fingerprint density at radius 3 is 2.29 bits per heavy atom. The third-order valence-corrected chi connectivity index (χ3v) is 5.70. The van der Waals surface area contributed by atoms with Gasteiger partial charge in [-0.1, -0.05) is 26.3 Å². The molecule has 2 fully saturated rings. The zero-order valence-corrected chi connectivity index (χ0v) is 18.2. The first-order chi connectivity index (χ1) is 13.5. The van der Waals surface area contributed by atoms with Crippen LogP contribution in [0.15, 0.2) is 18.2 Å². The molecule has 3 N–H and O–H groups in total. The molecule has 2 saturated heterocycles. The molecule has 0 bridgehead atoms. The highest BCUT2D eigenvalue weighted by Gasteiger charge is 2.26. The van der Waals surface area contributed by atoms with Gasteiger partial charge in [-0.25, -0.2) is 0 Å². The number of rotatable bonds is 2. The number of hydrogen-bond donors (Lipinski definition) is 2. The van der Waals surface area contributed by atoms with Crippen molar-refractivity contribution in [1.82, 2.24) is 15.1 Å². The topological polar surface area (TPSA) is 61.6 Å². The highest BCUT2D eigenvalue weighted by atomic mass is 16.1. The Morgan fingerprint density at radius 2 is 1.75 bits per heavy atom. The molecule has 1 amide bonds. The van der Waals surface area contributed by atoms with Crippen LogP contribution in [-0.4, -0.2) is 68.1 Å². The van der Waals surface area contributed by atoms with Gasteiger partial charge in [-0.05, 0) is 75.5 Å². The van der Waals surface area contributed by atoms with Gasteiger partial charge in [0.25, 0.3) is 0 Å². The van der Waals surface area contributed by atoms with E-state index in [1.165, 1.54) is 76.1 Å². The summed E-state index contributed by atoms with van der Waals surface area (Å²) >= 11 is 0. The predicted octanol–water partition coefficient (Wildman–Crippen LogP) is 2.68. The van der Waals surface area contributed by atoms with Gasteiger partial charge in [0.1, 0.15) is 0 Å². The molecule has 0 radical (unpaired) electrons. The van der Waals surface area contributed by atoms with Crippen molar-refractivity contribution in [2.45, 2.75) is 58.4 Å². The van der Waals surface area contributed by atoms with Gasteiger partial charge in [-0.2, -0.15) is 0 Å². The molecular formula is C23H40N4O. The van der Waals surface area contributed by atoms with Crippen LogP contribution in [0.3, 0.4) is 0 Å². The molecule has 2 heterocycles. The monoisotopic (exact) mass is 388 g/mol. The van der Waals surface area contributed by atoms with Crippen molar-refractivity contribution in [1.29, 1.82) is 0 Å². The second-order valence-corrected chi connectivity index (χ2v) is 8.25. The molecule has 5 nitrogen and oxygen atoms in total. The van der Waals surface area contributed by atoms with Gasteiger partial charge in [-0.15, -0.1) is 0 Å². The van der Waals surface area contributed by atoms with Crippen molar-refractivity contribution in [3.05, 3.63) is 34.9 Å². The molecule has 1 aliphatic carbocycles. The van der Waals surface area contributed by atoms with E-state index in [0.29, 0.717) is 11.6 Å². The third-order valence-electron chi connectivity index (χ3n) is 5.70. The lowest BCUT2D eigenvalue weighted by Gasteiger charge is -2.40. The molecule has 0 unspecified atom stereocenters. The van der Waals surface area contributed by atoms with Crippen LogP contribution in [0.5, 0.6) is 0 Å². The quantitative estimate of drug-likeness (QED) is 0.818. The molecular weight excluding hydrogens is 348 g/mol. The molecule has 2 aliphatic heterocycles. The summed E-state index contributed by atoms with van der Waals surface area (Å²) in [5.74, 6) is -0.325. The number of nitrogens with two attached hydrogens (primary N) is 1. The summed E-state index contributed by atoms with van der Waals surface area (Å²) in [5.41, 5.74) is 8.70. The van der Waals surface area contributed by atoms with Crippen LogP contribution in [0.25, 0.3) is 0 Å². The first-order valence-corrected chi connectivity index (χ1v) is 11.1. The van der Waals surface area contributed by atoms with Gasteiger partial charge in [-0.3, -0.25) is 9.69 Å². The highest BCUT2D eigenvalue weighted by molar-refractivity contribution is 5.93. The smallest absolute Gasteiger partial charge is 0.248 e. The maximum atomic E-state index is 11.2. The second kappa shape index (κ2) is 12.2. The largest absolute Gasteiger partial charge is 0.366 e. The van der Waals surface area contributed by atoms with E-state index in [-0.39, 0.29) is 5.91 Å². The zero-order valence-electron chi connectivity index (χ0n) is 18.2. The fourth-order valence-corrected chi connectivity index (χ4v) is 4.01. The van der Waals surface area contributed by atoms with Crippen molar-refractivity contribution in [2.24, 2.45) is 5.73 Å². The van der Waals surface area contributed by atoms with Gasteiger partial charge in [0.2, 0.25) is 5.91 Å². The van der Waals surface area contributed by atoms with Crippen LogP contribution in [-0.2, 0) is 12.8 Å². The highest BCUT2D eigenvalue weighted by Crippen LogP contribution is 2.26. The fraction of sp³-hybridized carbons (Fsp3) is 0.696. The van der Waals surface area contributed by atoms with E-state index in [1.807, 2.05) is 12.1 Å². The van der Waals surface area contributed by atoms with Crippen LogP contribution in [0.1, 0.15) is 61.0 Å². The van der Waals surface area contributed by atoms with Crippen molar-refractivity contribution in [2.75, 3.05) is 46.3 Å². The minimum atomic E-state index is -0.325. The van der Waals surface area contributed by atoms with Gasteiger partial charge < -0.3 is 16.0 Å².